The summed E-state index contributed by atoms with van der Waals surface area (Å²) in [5.41, 5.74) is 2.15. The lowest BCUT2D eigenvalue weighted by atomic mass is 10.1. The molecule has 0 saturated carbocycles. The van der Waals surface area contributed by atoms with E-state index in [1.54, 1.807) is 0 Å². The van der Waals surface area contributed by atoms with Gasteiger partial charge in [0.1, 0.15) is 0 Å². The van der Waals surface area contributed by atoms with Gasteiger partial charge in [0.25, 0.3) is 5.89 Å². The minimum atomic E-state index is 0.601. The van der Waals surface area contributed by atoms with Crippen molar-refractivity contribution >= 4 is 0 Å². The van der Waals surface area contributed by atoms with Gasteiger partial charge in [-0.3, -0.25) is 0 Å². The van der Waals surface area contributed by atoms with Crippen LogP contribution < -0.4 is 5.32 Å². The summed E-state index contributed by atoms with van der Waals surface area (Å²) in [5.74, 6) is 1.34. The van der Waals surface area contributed by atoms with Crippen LogP contribution in [0, 0.1) is 6.92 Å². The van der Waals surface area contributed by atoms with Gasteiger partial charge in [-0.05, 0) is 25.6 Å². The van der Waals surface area contributed by atoms with Gasteiger partial charge in [0.05, 0.1) is 0 Å². The Labute approximate surface area is 94.7 Å². The van der Waals surface area contributed by atoms with Gasteiger partial charge in [0.2, 0.25) is 0 Å². The Morgan fingerprint density at radius 3 is 2.88 bits per heavy atom. The zero-order chi connectivity index (χ0) is 11.4. The average Bonchev–Trinajstić information content (AvgIpc) is 2.75. The van der Waals surface area contributed by atoms with Gasteiger partial charge < -0.3 is 9.84 Å². The van der Waals surface area contributed by atoms with Gasteiger partial charge >= 0.3 is 0 Å². The summed E-state index contributed by atoms with van der Waals surface area (Å²) in [6.07, 6.45) is 0.784. The van der Waals surface area contributed by atoms with Crippen molar-refractivity contribution in [1.82, 2.24) is 15.5 Å². The minimum absolute atomic E-state index is 0.601. The normalized spacial score (nSPS) is 10.6. The van der Waals surface area contributed by atoms with E-state index in [1.165, 1.54) is 0 Å². The second-order valence-corrected chi connectivity index (χ2v) is 3.68. The molecule has 1 aromatic heterocycles. The van der Waals surface area contributed by atoms with E-state index in [0.29, 0.717) is 5.89 Å². The molecule has 0 atom stereocenters. The molecule has 2 rings (SSSR count). The van der Waals surface area contributed by atoms with Crippen LogP contribution in [0.1, 0.15) is 11.4 Å². The summed E-state index contributed by atoms with van der Waals surface area (Å²) in [6.45, 7) is 2.89. The maximum Gasteiger partial charge on any atom is 0.258 e. The summed E-state index contributed by atoms with van der Waals surface area (Å²) in [7, 11) is 1.91. The molecule has 0 aliphatic heterocycles. The first-order valence-electron chi connectivity index (χ1n) is 5.34. The number of aromatic nitrogens is 2. The predicted octanol–water partition coefficient (Wildman–Crippen LogP) is 1.81. The summed E-state index contributed by atoms with van der Waals surface area (Å²) in [5, 5.41) is 7.00. The van der Waals surface area contributed by atoms with Crippen LogP contribution in [-0.4, -0.2) is 23.7 Å². The molecule has 0 unspecified atom stereocenters. The van der Waals surface area contributed by atoms with Crippen molar-refractivity contribution in [3.63, 3.8) is 0 Å². The van der Waals surface area contributed by atoms with E-state index in [4.69, 9.17) is 4.52 Å². The lowest BCUT2D eigenvalue weighted by Gasteiger charge is -1.97. The largest absolute Gasteiger partial charge is 0.334 e. The summed E-state index contributed by atoms with van der Waals surface area (Å²) < 4.78 is 5.24. The van der Waals surface area contributed by atoms with E-state index in [9.17, 15) is 0 Å². The molecule has 0 aliphatic rings. The van der Waals surface area contributed by atoms with E-state index in [1.807, 2.05) is 38.2 Å². The smallest absolute Gasteiger partial charge is 0.258 e. The van der Waals surface area contributed by atoms with Crippen molar-refractivity contribution in [3.05, 3.63) is 35.7 Å². The lowest BCUT2D eigenvalue weighted by Crippen LogP contribution is -2.11. The first kappa shape index (κ1) is 10.8. The monoisotopic (exact) mass is 217 g/mol. The molecule has 0 fully saturated rings. The van der Waals surface area contributed by atoms with Crippen LogP contribution in [0.25, 0.3) is 11.5 Å². The maximum atomic E-state index is 5.24. The molecule has 1 N–H and O–H groups in total. The number of hydrogen-bond acceptors (Lipinski definition) is 4. The number of hydrogen-bond donors (Lipinski definition) is 1. The third-order valence-corrected chi connectivity index (χ3v) is 2.44. The van der Waals surface area contributed by atoms with E-state index < -0.39 is 0 Å². The fourth-order valence-electron chi connectivity index (χ4n) is 1.51. The fraction of sp³-hybridized carbons (Fsp3) is 0.333. The average molecular weight is 217 g/mol. The number of aryl methyl sites for hydroxylation is 1. The SMILES string of the molecule is CNCCc1noc(-c2ccccc2C)n1. The summed E-state index contributed by atoms with van der Waals surface area (Å²) in [6, 6.07) is 7.99. The minimum Gasteiger partial charge on any atom is -0.334 e. The third kappa shape index (κ3) is 2.28. The molecule has 2 aromatic rings. The Kier molecular flexibility index (Phi) is 3.31. The Balaban J connectivity index is 2.22. The molecule has 1 aromatic carbocycles. The molecule has 0 amide bonds. The highest BCUT2D eigenvalue weighted by Crippen LogP contribution is 2.20. The first-order chi connectivity index (χ1) is 7.81. The zero-order valence-electron chi connectivity index (χ0n) is 9.53. The molecule has 0 aliphatic carbocycles. The van der Waals surface area contributed by atoms with Crippen LogP contribution in [0.4, 0.5) is 0 Å². The number of benzene rings is 1. The zero-order valence-corrected chi connectivity index (χ0v) is 9.53. The van der Waals surface area contributed by atoms with Crippen molar-refractivity contribution in [2.75, 3.05) is 13.6 Å². The second kappa shape index (κ2) is 4.90. The Hall–Kier alpha value is -1.68. The molecule has 4 heteroatoms. The molecule has 84 valence electrons. The predicted molar refractivity (Wildman–Crippen MR) is 62.1 cm³/mol. The van der Waals surface area contributed by atoms with Crippen molar-refractivity contribution < 1.29 is 4.52 Å². The van der Waals surface area contributed by atoms with Crippen molar-refractivity contribution in [2.24, 2.45) is 0 Å². The number of nitrogens with zero attached hydrogens (tertiary/aromatic N) is 2. The highest BCUT2D eigenvalue weighted by Gasteiger charge is 2.09. The van der Waals surface area contributed by atoms with E-state index in [2.05, 4.69) is 15.5 Å². The van der Waals surface area contributed by atoms with E-state index in [-0.39, 0.29) is 0 Å². The van der Waals surface area contributed by atoms with Crippen LogP contribution in [0.15, 0.2) is 28.8 Å². The molecular formula is C12H15N3O. The van der Waals surface area contributed by atoms with Gasteiger partial charge in [-0.15, -0.1) is 0 Å². The molecule has 1 heterocycles. The summed E-state index contributed by atoms with van der Waals surface area (Å²) >= 11 is 0. The third-order valence-electron chi connectivity index (χ3n) is 2.44. The van der Waals surface area contributed by atoms with Crippen LogP contribution in [0.3, 0.4) is 0 Å². The highest BCUT2D eigenvalue weighted by molar-refractivity contribution is 5.57. The Morgan fingerprint density at radius 2 is 2.12 bits per heavy atom. The number of rotatable bonds is 4. The Bertz CT molecular complexity index is 465. The van der Waals surface area contributed by atoms with Gasteiger partial charge in [0.15, 0.2) is 5.82 Å². The molecule has 0 bridgehead atoms. The van der Waals surface area contributed by atoms with Gasteiger partial charge in [0, 0.05) is 18.5 Å². The van der Waals surface area contributed by atoms with Gasteiger partial charge in [-0.2, -0.15) is 4.98 Å². The van der Waals surface area contributed by atoms with Crippen LogP contribution in [0.5, 0.6) is 0 Å². The van der Waals surface area contributed by atoms with Crippen LogP contribution >= 0.6 is 0 Å². The van der Waals surface area contributed by atoms with Crippen molar-refractivity contribution in [1.29, 1.82) is 0 Å². The molecule has 16 heavy (non-hydrogen) atoms. The van der Waals surface area contributed by atoms with Crippen LogP contribution in [0.2, 0.25) is 0 Å². The van der Waals surface area contributed by atoms with E-state index in [0.717, 1.165) is 29.9 Å². The lowest BCUT2D eigenvalue weighted by molar-refractivity contribution is 0.422. The van der Waals surface area contributed by atoms with Crippen molar-refractivity contribution in [2.45, 2.75) is 13.3 Å². The topological polar surface area (TPSA) is 51.0 Å². The molecule has 0 radical (unpaired) electrons. The number of likely N-dealkylation sites (N-methyl/N-ethyl adjacent to an activating group) is 1. The second-order valence-electron chi connectivity index (χ2n) is 3.68. The molecule has 0 saturated heterocycles. The fourth-order valence-corrected chi connectivity index (χ4v) is 1.51. The van der Waals surface area contributed by atoms with Gasteiger partial charge in [-0.25, -0.2) is 0 Å². The van der Waals surface area contributed by atoms with Gasteiger partial charge in [-0.1, -0.05) is 23.4 Å². The standard InChI is InChI=1S/C12H15N3O/c1-9-5-3-4-6-10(9)12-14-11(15-16-12)7-8-13-2/h3-6,13H,7-8H2,1-2H3. The molecule has 4 nitrogen and oxygen atoms in total. The summed E-state index contributed by atoms with van der Waals surface area (Å²) in [4.78, 5) is 4.36. The van der Waals surface area contributed by atoms with E-state index >= 15 is 0 Å². The number of nitrogens with one attached hydrogen (secondary N) is 1. The maximum absolute atomic E-state index is 5.24. The van der Waals surface area contributed by atoms with Crippen molar-refractivity contribution in [3.8, 4) is 11.5 Å². The molecule has 0 spiro atoms. The quantitative estimate of drug-likeness (QED) is 0.848. The Morgan fingerprint density at radius 1 is 1.31 bits per heavy atom. The molecular weight excluding hydrogens is 202 g/mol. The first-order valence-corrected chi connectivity index (χ1v) is 5.34. The highest BCUT2D eigenvalue weighted by atomic mass is 16.5. The van der Waals surface area contributed by atoms with Crippen LogP contribution in [-0.2, 0) is 6.42 Å².